The van der Waals surface area contributed by atoms with E-state index in [0.29, 0.717) is 24.3 Å². The van der Waals surface area contributed by atoms with Crippen LogP contribution in [0.3, 0.4) is 0 Å². The van der Waals surface area contributed by atoms with Gasteiger partial charge in [0.15, 0.2) is 0 Å². The van der Waals surface area contributed by atoms with Gasteiger partial charge in [0, 0.05) is 25.4 Å². The molecule has 3 nitrogen and oxygen atoms in total. The van der Waals surface area contributed by atoms with Crippen molar-refractivity contribution in [3.63, 3.8) is 0 Å². The molecule has 2 aliphatic rings. The largest absolute Gasteiger partial charge is 0.375 e. The Morgan fingerprint density at radius 2 is 2.43 bits per heavy atom. The molecule has 0 aromatic rings. The van der Waals surface area contributed by atoms with Gasteiger partial charge < -0.3 is 4.74 Å². The zero-order valence-corrected chi connectivity index (χ0v) is 8.87. The second-order valence-corrected chi connectivity index (χ2v) is 4.29. The Kier molecular flexibility index (Phi) is 3.19. The van der Waals surface area contributed by atoms with Gasteiger partial charge in [-0.3, -0.25) is 9.69 Å². The van der Waals surface area contributed by atoms with E-state index >= 15 is 0 Å². The maximum atomic E-state index is 11.4. The number of fused-ring (bicyclic) bond motifs is 1. The molecule has 3 heteroatoms. The number of nitrogens with zero attached hydrogens (tertiary/aromatic N) is 1. The normalized spacial score (nSPS) is 34.2. The van der Waals surface area contributed by atoms with Crippen LogP contribution in [0.1, 0.15) is 32.6 Å². The maximum absolute atomic E-state index is 11.4. The summed E-state index contributed by atoms with van der Waals surface area (Å²) < 4.78 is 5.71. The van der Waals surface area contributed by atoms with Crippen molar-refractivity contribution >= 4 is 5.78 Å². The van der Waals surface area contributed by atoms with Gasteiger partial charge in [-0.15, -0.1) is 0 Å². The first-order chi connectivity index (χ1) is 6.81. The van der Waals surface area contributed by atoms with Crippen LogP contribution in [0.5, 0.6) is 0 Å². The fraction of sp³-hybridized carbons (Fsp3) is 0.909. The molecule has 0 amide bonds. The lowest BCUT2D eigenvalue weighted by Crippen LogP contribution is -2.54. The van der Waals surface area contributed by atoms with Gasteiger partial charge >= 0.3 is 0 Å². The summed E-state index contributed by atoms with van der Waals surface area (Å²) in [6, 6.07) is 0.380. The third kappa shape index (κ3) is 1.98. The summed E-state index contributed by atoms with van der Waals surface area (Å²) in [6.45, 7) is 5.14. The molecule has 0 aromatic heterocycles. The molecule has 2 fully saturated rings. The monoisotopic (exact) mass is 197 g/mol. The van der Waals surface area contributed by atoms with E-state index in [1.54, 1.807) is 0 Å². The number of Topliss-reactive ketones (excluding diaryl/α,β-unsaturated/α-hetero) is 1. The Morgan fingerprint density at radius 1 is 1.57 bits per heavy atom. The lowest BCUT2D eigenvalue weighted by Gasteiger charge is -2.43. The van der Waals surface area contributed by atoms with Gasteiger partial charge in [-0.1, -0.05) is 6.92 Å². The number of ether oxygens (including phenoxy) is 1. The Morgan fingerprint density at radius 3 is 3.21 bits per heavy atom. The third-order valence-electron chi connectivity index (χ3n) is 3.26. The first-order valence-electron chi connectivity index (χ1n) is 5.68. The summed E-state index contributed by atoms with van der Waals surface area (Å²) in [5.74, 6) is 0.415. The number of ketones is 1. The smallest absolute Gasteiger partial charge is 0.134 e. The first-order valence-corrected chi connectivity index (χ1v) is 5.68. The van der Waals surface area contributed by atoms with Crippen molar-refractivity contribution in [2.24, 2.45) is 0 Å². The lowest BCUT2D eigenvalue weighted by atomic mass is 9.89. The van der Waals surface area contributed by atoms with Crippen LogP contribution in [0.2, 0.25) is 0 Å². The average Bonchev–Trinajstić information content (AvgIpc) is 2.19. The number of carbonyl (C=O) groups is 1. The summed E-state index contributed by atoms with van der Waals surface area (Å²) >= 11 is 0. The predicted molar refractivity (Wildman–Crippen MR) is 54.3 cm³/mol. The quantitative estimate of drug-likeness (QED) is 0.666. The molecule has 0 bridgehead atoms. The van der Waals surface area contributed by atoms with E-state index in [1.165, 1.54) is 0 Å². The summed E-state index contributed by atoms with van der Waals surface area (Å²) in [4.78, 5) is 13.8. The van der Waals surface area contributed by atoms with Gasteiger partial charge in [0.25, 0.3) is 0 Å². The minimum absolute atomic E-state index is 0.327. The minimum Gasteiger partial charge on any atom is -0.375 e. The summed E-state index contributed by atoms with van der Waals surface area (Å²) in [7, 11) is 0. The molecule has 1 aliphatic carbocycles. The van der Waals surface area contributed by atoms with Crippen molar-refractivity contribution in [1.82, 2.24) is 4.90 Å². The zero-order valence-electron chi connectivity index (χ0n) is 8.87. The summed E-state index contributed by atoms with van der Waals surface area (Å²) in [6.07, 6.45) is 3.86. The maximum Gasteiger partial charge on any atom is 0.134 e. The van der Waals surface area contributed by atoms with Gasteiger partial charge in [0.1, 0.15) is 5.78 Å². The van der Waals surface area contributed by atoms with Gasteiger partial charge in [-0.25, -0.2) is 0 Å². The standard InChI is InChI=1S/C11H19NO2/c1-2-5-12-6-7-14-11-4-3-9(13)8-10(11)12/h10-11H,2-8H2,1H3/t10-,11-/m1/s1. The van der Waals surface area contributed by atoms with E-state index < -0.39 is 0 Å². The lowest BCUT2D eigenvalue weighted by molar-refractivity contribution is -0.134. The van der Waals surface area contributed by atoms with Crippen molar-refractivity contribution in [1.29, 1.82) is 0 Å². The van der Waals surface area contributed by atoms with Crippen LogP contribution in [0.15, 0.2) is 0 Å². The van der Waals surface area contributed by atoms with Crippen LogP contribution < -0.4 is 0 Å². The second kappa shape index (κ2) is 4.41. The molecule has 0 radical (unpaired) electrons. The van der Waals surface area contributed by atoms with Crippen LogP contribution in [0.25, 0.3) is 0 Å². The van der Waals surface area contributed by atoms with E-state index in [1.807, 2.05) is 0 Å². The van der Waals surface area contributed by atoms with Crippen molar-refractivity contribution < 1.29 is 9.53 Å². The molecule has 80 valence electrons. The topological polar surface area (TPSA) is 29.5 Å². The van der Waals surface area contributed by atoms with Crippen molar-refractivity contribution in [2.45, 2.75) is 44.8 Å². The Bertz CT molecular complexity index is 215. The van der Waals surface area contributed by atoms with E-state index in [4.69, 9.17) is 4.74 Å². The zero-order chi connectivity index (χ0) is 9.97. The summed E-state index contributed by atoms with van der Waals surface area (Å²) in [5.41, 5.74) is 0. The highest BCUT2D eigenvalue weighted by molar-refractivity contribution is 5.80. The van der Waals surface area contributed by atoms with Crippen LogP contribution >= 0.6 is 0 Å². The number of morpholine rings is 1. The van der Waals surface area contributed by atoms with Gasteiger partial charge in [0.05, 0.1) is 12.7 Å². The number of hydrogen-bond acceptors (Lipinski definition) is 3. The summed E-state index contributed by atoms with van der Waals surface area (Å²) in [5, 5.41) is 0. The van der Waals surface area contributed by atoms with E-state index in [0.717, 1.165) is 39.0 Å². The van der Waals surface area contributed by atoms with E-state index in [2.05, 4.69) is 11.8 Å². The first kappa shape index (κ1) is 10.1. The molecular weight excluding hydrogens is 178 g/mol. The molecule has 14 heavy (non-hydrogen) atoms. The Balaban J connectivity index is 2.00. The van der Waals surface area contributed by atoms with Crippen LogP contribution in [-0.4, -0.2) is 42.5 Å². The molecule has 0 aromatic carbocycles. The van der Waals surface area contributed by atoms with E-state index in [-0.39, 0.29) is 0 Å². The number of rotatable bonds is 2. The second-order valence-electron chi connectivity index (χ2n) is 4.29. The van der Waals surface area contributed by atoms with Crippen LogP contribution in [0, 0.1) is 0 Å². The van der Waals surface area contributed by atoms with Gasteiger partial charge in [-0.2, -0.15) is 0 Å². The van der Waals surface area contributed by atoms with Crippen molar-refractivity contribution in [2.75, 3.05) is 19.7 Å². The predicted octanol–water partition coefficient (Wildman–Crippen LogP) is 1.22. The Labute approximate surface area is 85.4 Å². The molecule has 0 spiro atoms. The highest BCUT2D eigenvalue weighted by Gasteiger charge is 2.36. The number of carbonyl (C=O) groups excluding carboxylic acids is 1. The molecule has 1 saturated heterocycles. The highest BCUT2D eigenvalue weighted by atomic mass is 16.5. The molecule has 1 heterocycles. The molecule has 1 aliphatic heterocycles. The minimum atomic E-state index is 0.327. The molecule has 2 rings (SSSR count). The van der Waals surface area contributed by atoms with Crippen molar-refractivity contribution in [3.05, 3.63) is 0 Å². The molecular formula is C11H19NO2. The molecule has 0 N–H and O–H groups in total. The molecule has 0 unspecified atom stereocenters. The van der Waals surface area contributed by atoms with Crippen molar-refractivity contribution in [3.8, 4) is 0 Å². The fourth-order valence-corrected chi connectivity index (χ4v) is 2.57. The SMILES string of the molecule is CCCN1CCO[C@@H]2CCC(=O)C[C@H]21. The van der Waals surface area contributed by atoms with Crippen LogP contribution in [0.4, 0.5) is 0 Å². The van der Waals surface area contributed by atoms with Gasteiger partial charge in [0.2, 0.25) is 0 Å². The third-order valence-corrected chi connectivity index (χ3v) is 3.26. The van der Waals surface area contributed by atoms with Gasteiger partial charge in [-0.05, 0) is 19.4 Å². The van der Waals surface area contributed by atoms with Crippen LogP contribution in [-0.2, 0) is 9.53 Å². The molecule has 2 atom stereocenters. The number of hydrogen-bond donors (Lipinski definition) is 0. The molecule has 1 saturated carbocycles. The average molecular weight is 197 g/mol. The highest BCUT2D eigenvalue weighted by Crippen LogP contribution is 2.26. The fourth-order valence-electron chi connectivity index (χ4n) is 2.57. The van der Waals surface area contributed by atoms with E-state index in [9.17, 15) is 4.79 Å². The Hall–Kier alpha value is -0.410.